The van der Waals surface area contributed by atoms with Crippen molar-refractivity contribution >= 4 is 27.7 Å². The molecule has 0 bridgehead atoms. The highest BCUT2D eigenvalue weighted by atomic mass is 79.9. The van der Waals surface area contributed by atoms with Gasteiger partial charge in [-0.05, 0) is 27.9 Å². The van der Waals surface area contributed by atoms with Gasteiger partial charge in [0.15, 0.2) is 0 Å². The molecule has 2 amide bonds. The zero-order valence-corrected chi connectivity index (χ0v) is 12.0. The number of halogens is 1. The van der Waals surface area contributed by atoms with Gasteiger partial charge in [0.2, 0.25) is 5.91 Å². The molecule has 18 heavy (non-hydrogen) atoms. The van der Waals surface area contributed by atoms with E-state index in [0.717, 1.165) is 4.47 Å². The van der Waals surface area contributed by atoms with Crippen LogP contribution < -0.4 is 5.73 Å². The molecular formula is C12H16BrN3O2. The van der Waals surface area contributed by atoms with E-state index < -0.39 is 5.91 Å². The molecule has 1 aromatic heterocycles. The van der Waals surface area contributed by atoms with Crippen LogP contribution in [0, 0.1) is 5.92 Å². The van der Waals surface area contributed by atoms with Crippen LogP contribution in [0.5, 0.6) is 0 Å². The average molecular weight is 314 g/mol. The molecule has 1 aromatic rings. The first-order chi connectivity index (χ1) is 8.40. The zero-order chi connectivity index (χ0) is 13.7. The Balaban J connectivity index is 2.90. The fourth-order valence-electron chi connectivity index (χ4n) is 1.56. The highest BCUT2D eigenvalue weighted by Crippen LogP contribution is 2.12. The number of carbonyl (C=O) groups is 2. The first-order valence-corrected chi connectivity index (χ1v) is 6.37. The third kappa shape index (κ3) is 4.44. The van der Waals surface area contributed by atoms with Crippen LogP contribution in [-0.2, 0) is 4.79 Å². The maximum atomic E-state index is 12.2. The van der Waals surface area contributed by atoms with Crippen LogP contribution in [0.3, 0.4) is 0 Å². The second-order valence-corrected chi connectivity index (χ2v) is 5.35. The zero-order valence-electron chi connectivity index (χ0n) is 10.4. The van der Waals surface area contributed by atoms with E-state index in [1.54, 1.807) is 12.3 Å². The van der Waals surface area contributed by atoms with E-state index in [0.29, 0.717) is 12.1 Å². The monoisotopic (exact) mass is 313 g/mol. The lowest BCUT2D eigenvalue weighted by Crippen LogP contribution is -2.40. The number of aromatic nitrogens is 1. The van der Waals surface area contributed by atoms with Crippen molar-refractivity contribution < 1.29 is 9.59 Å². The Morgan fingerprint density at radius 2 is 2.11 bits per heavy atom. The Morgan fingerprint density at radius 1 is 1.44 bits per heavy atom. The summed E-state index contributed by atoms with van der Waals surface area (Å²) in [5.41, 5.74) is 5.59. The topological polar surface area (TPSA) is 76.3 Å². The fourth-order valence-corrected chi connectivity index (χ4v) is 1.92. The number of carbonyl (C=O) groups excluding carboxylic acids is 2. The minimum absolute atomic E-state index is 0.0798. The molecule has 0 aliphatic heterocycles. The second-order valence-electron chi connectivity index (χ2n) is 4.44. The number of nitrogens with zero attached hydrogens (tertiary/aromatic N) is 2. The van der Waals surface area contributed by atoms with E-state index in [1.165, 1.54) is 11.1 Å². The van der Waals surface area contributed by atoms with Crippen LogP contribution in [0.15, 0.2) is 22.9 Å². The number of nitrogens with two attached hydrogens (primary N) is 1. The Labute approximate surface area is 114 Å². The van der Waals surface area contributed by atoms with E-state index in [1.807, 2.05) is 13.8 Å². The van der Waals surface area contributed by atoms with Crippen molar-refractivity contribution in [3.8, 4) is 0 Å². The number of primary amides is 1. The van der Waals surface area contributed by atoms with Crippen molar-refractivity contribution in [2.75, 3.05) is 13.1 Å². The SMILES string of the molecule is CC(C)CN(CC(N)=O)C(=O)c1cncc(Br)c1. The Kier molecular flexibility index (Phi) is 5.27. The van der Waals surface area contributed by atoms with Crippen molar-refractivity contribution in [1.82, 2.24) is 9.88 Å². The first-order valence-electron chi connectivity index (χ1n) is 5.58. The summed E-state index contributed by atoms with van der Waals surface area (Å²) in [4.78, 5) is 28.6. The van der Waals surface area contributed by atoms with Gasteiger partial charge in [-0.3, -0.25) is 14.6 Å². The molecule has 0 fully saturated rings. The van der Waals surface area contributed by atoms with Crippen molar-refractivity contribution in [3.63, 3.8) is 0 Å². The van der Waals surface area contributed by atoms with Gasteiger partial charge >= 0.3 is 0 Å². The summed E-state index contributed by atoms with van der Waals surface area (Å²) in [5.74, 6) is -0.503. The average Bonchev–Trinajstić information content (AvgIpc) is 2.26. The van der Waals surface area contributed by atoms with Crippen molar-refractivity contribution in [2.45, 2.75) is 13.8 Å². The van der Waals surface area contributed by atoms with Crippen molar-refractivity contribution in [1.29, 1.82) is 0 Å². The molecule has 0 aromatic carbocycles. The summed E-state index contributed by atoms with van der Waals surface area (Å²) in [7, 11) is 0. The molecule has 0 unspecified atom stereocenters. The Morgan fingerprint density at radius 3 is 2.61 bits per heavy atom. The van der Waals surface area contributed by atoms with Gasteiger partial charge in [0.05, 0.1) is 12.1 Å². The molecule has 0 aliphatic rings. The van der Waals surface area contributed by atoms with Crippen LogP contribution in [0.1, 0.15) is 24.2 Å². The van der Waals surface area contributed by atoms with Crippen molar-refractivity contribution in [3.05, 3.63) is 28.5 Å². The van der Waals surface area contributed by atoms with Gasteiger partial charge in [0, 0.05) is 23.4 Å². The standard InChI is InChI=1S/C12H16BrN3O2/c1-8(2)6-16(7-11(14)17)12(18)9-3-10(13)5-15-4-9/h3-5,8H,6-7H2,1-2H3,(H2,14,17). The van der Waals surface area contributed by atoms with E-state index >= 15 is 0 Å². The number of pyridine rings is 1. The van der Waals surface area contributed by atoms with Gasteiger partial charge in [-0.25, -0.2) is 0 Å². The van der Waals surface area contributed by atoms with Gasteiger partial charge in [-0.2, -0.15) is 0 Å². The summed E-state index contributed by atoms with van der Waals surface area (Å²) in [5, 5.41) is 0. The maximum Gasteiger partial charge on any atom is 0.255 e. The largest absolute Gasteiger partial charge is 0.368 e. The van der Waals surface area contributed by atoms with Gasteiger partial charge in [-0.15, -0.1) is 0 Å². The Bertz CT molecular complexity index is 449. The van der Waals surface area contributed by atoms with Gasteiger partial charge < -0.3 is 10.6 Å². The molecule has 0 atom stereocenters. The lowest BCUT2D eigenvalue weighted by Gasteiger charge is -2.23. The number of hydrogen-bond donors (Lipinski definition) is 1. The minimum Gasteiger partial charge on any atom is -0.368 e. The van der Waals surface area contributed by atoms with Gasteiger partial charge in [-0.1, -0.05) is 13.8 Å². The highest BCUT2D eigenvalue weighted by molar-refractivity contribution is 9.10. The molecule has 0 saturated heterocycles. The molecule has 5 nitrogen and oxygen atoms in total. The molecule has 0 radical (unpaired) electrons. The van der Waals surface area contributed by atoms with E-state index in [9.17, 15) is 9.59 Å². The van der Waals surface area contributed by atoms with E-state index in [4.69, 9.17) is 5.73 Å². The molecule has 1 rings (SSSR count). The molecule has 2 N–H and O–H groups in total. The normalized spacial score (nSPS) is 10.4. The molecule has 0 spiro atoms. The molecule has 6 heteroatoms. The predicted octanol–water partition coefficient (Wildman–Crippen LogP) is 1.43. The second kappa shape index (κ2) is 6.49. The fraction of sp³-hybridized carbons (Fsp3) is 0.417. The predicted molar refractivity (Wildman–Crippen MR) is 71.9 cm³/mol. The van der Waals surface area contributed by atoms with Crippen LogP contribution in [0.4, 0.5) is 0 Å². The summed E-state index contributed by atoms with van der Waals surface area (Å²) in [6.07, 6.45) is 3.07. The lowest BCUT2D eigenvalue weighted by molar-refractivity contribution is -0.118. The van der Waals surface area contributed by atoms with Crippen LogP contribution in [0.2, 0.25) is 0 Å². The lowest BCUT2D eigenvalue weighted by atomic mass is 10.1. The Hall–Kier alpha value is -1.43. The molecule has 1 heterocycles. The number of rotatable bonds is 5. The van der Waals surface area contributed by atoms with Crippen LogP contribution >= 0.6 is 15.9 Å². The first kappa shape index (κ1) is 14.6. The van der Waals surface area contributed by atoms with Gasteiger partial charge in [0.25, 0.3) is 5.91 Å². The molecule has 0 aliphatic carbocycles. The third-order valence-corrected chi connectivity index (χ3v) is 2.60. The molecular weight excluding hydrogens is 298 g/mol. The summed E-state index contributed by atoms with van der Waals surface area (Å²) in [6.45, 7) is 4.35. The number of amides is 2. The van der Waals surface area contributed by atoms with Gasteiger partial charge in [0.1, 0.15) is 0 Å². The summed E-state index contributed by atoms with van der Waals surface area (Å²) >= 11 is 3.26. The molecule has 0 saturated carbocycles. The quantitative estimate of drug-likeness (QED) is 0.893. The smallest absolute Gasteiger partial charge is 0.255 e. The van der Waals surface area contributed by atoms with Crippen LogP contribution in [0.25, 0.3) is 0 Å². The molecule has 98 valence electrons. The highest BCUT2D eigenvalue weighted by Gasteiger charge is 2.19. The number of hydrogen-bond acceptors (Lipinski definition) is 3. The van der Waals surface area contributed by atoms with E-state index in [2.05, 4.69) is 20.9 Å². The maximum absolute atomic E-state index is 12.2. The van der Waals surface area contributed by atoms with Crippen molar-refractivity contribution in [2.24, 2.45) is 11.7 Å². The van der Waals surface area contributed by atoms with Crippen LogP contribution in [-0.4, -0.2) is 34.8 Å². The summed E-state index contributed by atoms with van der Waals surface area (Å²) in [6, 6.07) is 1.67. The third-order valence-electron chi connectivity index (χ3n) is 2.17. The minimum atomic E-state index is -0.521. The van der Waals surface area contributed by atoms with E-state index in [-0.39, 0.29) is 18.4 Å². The summed E-state index contributed by atoms with van der Waals surface area (Å²) < 4.78 is 0.719.